The van der Waals surface area contributed by atoms with Gasteiger partial charge in [-0.3, -0.25) is 9.59 Å². The number of hydrogen-bond acceptors (Lipinski definition) is 5. The molecule has 1 amide bonds. The number of allylic oxidation sites excluding steroid dienone is 9. The normalized spacial score (nSPS) is 13.6. The van der Waals surface area contributed by atoms with E-state index >= 15 is 0 Å². The van der Waals surface area contributed by atoms with Crippen molar-refractivity contribution in [2.75, 3.05) is 6.61 Å². The van der Waals surface area contributed by atoms with Crippen LogP contribution in [0.2, 0.25) is 0 Å². The van der Waals surface area contributed by atoms with Crippen LogP contribution in [0.3, 0.4) is 0 Å². The number of nitrogens with one attached hydrogen (secondary N) is 1. The van der Waals surface area contributed by atoms with Crippen LogP contribution in [-0.2, 0) is 14.3 Å². The molecule has 3 unspecified atom stereocenters. The van der Waals surface area contributed by atoms with Crippen LogP contribution in [0.1, 0.15) is 278 Å². The summed E-state index contributed by atoms with van der Waals surface area (Å²) in [5.74, 6) is -0.575. The molecule has 0 aliphatic heterocycles. The van der Waals surface area contributed by atoms with Crippen LogP contribution in [-0.4, -0.2) is 46.9 Å². The molecule has 0 saturated carbocycles. The predicted molar refractivity (Wildman–Crippen MR) is 282 cm³/mol. The van der Waals surface area contributed by atoms with E-state index in [1.54, 1.807) is 0 Å². The van der Waals surface area contributed by atoms with Crippen molar-refractivity contribution in [2.24, 2.45) is 0 Å². The number of unbranched alkanes of at least 4 members (excludes halogenated alkanes) is 29. The topological polar surface area (TPSA) is 95.9 Å². The van der Waals surface area contributed by atoms with Gasteiger partial charge >= 0.3 is 5.97 Å². The fourth-order valence-electron chi connectivity index (χ4n) is 8.29. The Morgan fingerprint density at radius 2 is 0.815 bits per heavy atom. The Labute approximate surface area is 403 Å². The van der Waals surface area contributed by atoms with Crippen LogP contribution in [0.5, 0.6) is 0 Å². The monoisotopic (exact) mass is 910 g/mol. The summed E-state index contributed by atoms with van der Waals surface area (Å²) in [4.78, 5) is 26.2. The van der Waals surface area contributed by atoms with E-state index in [9.17, 15) is 19.8 Å². The van der Waals surface area contributed by atoms with Crippen molar-refractivity contribution in [1.82, 2.24) is 5.32 Å². The molecular formula is C59H107NO5. The molecule has 6 nitrogen and oxygen atoms in total. The molecule has 3 N–H and O–H groups in total. The summed E-state index contributed by atoms with van der Waals surface area (Å²) in [7, 11) is 0. The smallest absolute Gasteiger partial charge is 0.306 e. The van der Waals surface area contributed by atoms with Crippen molar-refractivity contribution in [2.45, 2.75) is 296 Å². The third kappa shape index (κ3) is 47.8. The Morgan fingerprint density at radius 1 is 0.462 bits per heavy atom. The Balaban J connectivity index is 4.67. The van der Waals surface area contributed by atoms with Crippen molar-refractivity contribution >= 4 is 11.9 Å². The van der Waals surface area contributed by atoms with Crippen molar-refractivity contribution in [1.29, 1.82) is 0 Å². The molecule has 0 aromatic heterocycles. The van der Waals surface area contributed by atoms with Gasteiger partial charge in [0.15, 0.2) is 0 Å². The molecule has 0 aromatic carbocycles. The molecule has 378 valence electrons. The van der Waals surface area contributed by atoms with Gasteiger partial charge in [0.25, 0.3) is 0 Å². The zero-order valence-corrected chi connectivity index (χ0v) is 43.1. The number of amides is 1. The van der Waals surface area contributed by atoms with E-state index in [-0.39, 0.29) is 24.9 Å². The maximum Gasteiger partial charge on any atom is 0.306 e. The van der Waals surface area contributed by atoms with Gasteiger partial charge < -0.3 is 20.3 Å². The second-order valence-electron chi connectivity index (χ2n) is 19.0. The Hall–Kier alpha value is -2.44. The lowest BCUT2D eigenvalue weighted by molar-refractivity contribution is -0.150. The van der Waals surface area contributed by atoms with Crippen molar-refractivity contribution in [3.63, 3.8) is 0 Å². The molecule has 65 heavy (non-hydrogen) atoms. The number of rotatable bonds is 50. The largest absolute Gasteiger partial charge is 0.461 e. The minimum atomic E-state index is -0.813. The highest BCUT2D eigenvalue weighted by molar-refractivity contribution is 5.77. The summed E-state index contributed by atoms with van der Waals surface area (Å²) in [5.41, 5.74) is 0. The minimum Gasteiger partial charge on any atom is -0.461 e. The van der Waals surface area contributed by atoms with Gasteiger partial charge in [-0.25, -0.2) is 0 Å². The van der Waals surface area contributed by atoms with Gasteiger partial charge in [-0.05, 0) is 70.6 Å². The van der Waals surface area contributed by atoms with Crippen LogP contribution in [0.4, 0.5) is 0 Å². The van der Waals surface area contributed by atoms with Gasteiger partial charge in [0.05, 0.1) is 25.2 Å². The number of carbonyl (C=O) groups excluding carboxylic acids is 2. The highest BCUT2D eigenvalue weighted by Crippen LogP contribution is 2.17. The minimum absolute atomic E-state index is 0.0000766. The number of aliphatic hydroxyl groups excluding tert-OH is 2. The summed E-state index contributed by atoms with van der Waals surface area (Å²) in [6, 6.07) is -0.733. The average molecular weight is 911 g/mol. The van der Waals surface area contributed by atoms with Gasteiger partial charge in [0.1, 0.15) is 6.10 Å². The lowest BCUT2D eigenvalue weighted by atomic mass is 10.0. The summed E-state index contributed by atoms with van der Waals surface area (Å²) < 4.78 is 5.89. The fourth-order valence-corrected chi connectivity index (χ4v) is 8.29. The Bertz CT molecular complexity index is 1160. The molecular weight excluding hydrogens is 803 g/mol. The second-order valence-corrected chi connectivity index (χ2v) is 19.0. The molecule has 0 bridgehead atoms. The standard InChI is InChI=1S/C59H107NO5/c1-4-7-10-13-16-19-22-25-28-29-31-34-37-40-43-46-49-52-59(64)65-55(50-47-44-41-38-35-32-30-26-23-20-17-14-11-8-5-2)53-58(63)60-56(54-61)57(62)51-48-45-42-39-36-33-27-24-21-18-15-12-9-6-3/h17,20,25-26,28,30,35,38,44,47,55-57,61-62H,4-16,18-19,21-24,27,29,31-34,36-37,39-43,45-46,48-54H2,1-3H3,(H,60,63)/b20-17-,28-25+,30-26-,38-35-,47-44-. The predicted octanol–water partition coefficient (Wildman–Crippen LogP) is 17.2. The van der Waals surface area contributed by atoms with Crippen molar-refractivity contribution in [3.05, 3.63) is 60.8 Å². The summed E-state index contributed by atoms with van der Waals surface area (Å²) in [5, 5.41) is 23.8. The van der Waals surface area contributed by atoms with Crippen molar-refractivity contribution in [3.8, 4) is 0 Å². The maximum absolute atomic E-state index is 13.2. The quantitative estimate of drug-likeness (QED) is 0.0321. The molecule has 0 heterocycles. The number of aliphatic hydroxyl groups is 2. The van der Waals surface area contributed by atoms with Gasteiger partial charge in [-0.2, -0.15) is 0 Å². The summed E-state index contributed by atoms with van der Waals surface area (Å²) >= 11 is 0. The number of hydrogen-bond donors (Lipinski definition) is 3. The van der Waals surface area contributed by atoms with Crippen LogP contribution in [0.25, 0.3) is 0 Å². The van der Waals surface area contributed by atoms with E-state index in [0.29, 0.717) is 19.3 Å². The molecule has 0 rings (SSSR count). The van der Waals surface area contributed by atoms with Gasteiger partial charge in [-0.1, -0.05) is 248 Å². The number of carbonyl (C=O) groups is 2. The molecule has 6 heteroatoms. The van der Waals surface area contributed by atoms with Crippen LogP contribution < -0.4 is 5.32 Å². The van der Waals surface area contributed by atoms with Crippen molar-refractivity contribution < 1.29 is 24.5 Å². The highest BCUT2D eigenvalue weighted by atomic mass is 16.5. The first kappa shape index (κ1) is 62.6. The van der Waals surface area contributed by atoms with E-state index in [2.05, 4.69) is 80.8 Å². The van der Waals surface area contributed by atoms with Crippen LogP contribution in [0, 0.1) is 0 Å². The molecule has 0 spiro atoms. The summed E-state index contributed by atoms with van der Waals surface area (Å²) in [6.07, 6.45) is 65.8. The number of ether oxygens (including phenoxy) is 1. The zero-order valence-electron chi connectivity index (χ0n) is 43.1. The molecule has 0 saturated heterocycles. The number of esters is 1. The lowest BCUT2D eigenvalue weighted by Gasteiger charge is -2.24. The van der Waals surface area contributed by atoms with Crippen LogP contribution >= 0.6 is 0 Å². The fraction of sp³-hybridized carbons (Fsp3) is 0.797. The third-order valence-electron chi connectivity index (χ3n) is 12.6. The summed E-state index contributed by atoms with van der Waals surface area (Å²) in [6.45, 7) is 6.44. The first-order valence-corrected chi connectivity index (χ1v) is 28.0. The first-order valence-electron chi connectivity index (χ1n) is 28.0. The zero-order chi connectivity index (χ0) is 47.4. The van der Waals surface area contributed by atoms with E-state index in [0.717, 1.165) is 57.8 Å². The van der Waals surface area contributed by atoms with E-state index in [4.69, 9.17) is 4.74 Å². The first-order chi connectivity index (χ1) is 32.0. The Morgan fingerprint density at radius 3 is 1.28 bits per heavy atom. The van der Waals surface area contributed by atoms with Gasteiger partial charge in [0, 0.05) is 12.8 Å². The molecule has 0 radical (unpaired) electrons. The lowest BCUT2D eigenvalue weighted by Crippen LogP contribution is -2.46. The highest BCUT2D eigenvalue weighted by Gasteiger charge is 2.23. The van der Waals surface area contributed by atoms with E-state index < -0.39 is 18.2 Å². The molecule has 3 atom stereocenters. The van der Waals surface area contributed by atoms with E-state index in [1.165, 1.54) is 173 Å². The SMILES string of the molecule is CCCCC/C=C\C/C=C\C/C=C\C/C=C\CC(CC(=O)NC(CO)C(O)CCCCCCCCCCCCCCCC)OC(=O)CCCCCCCCC/C=C/CCCCCCCC. The van der Waals surface area contributed by atoms with Crippen LogP contribution in [0.15, 0.2) is 60.8 Å². The van der Waals surface area contributed by atoms with Gasteiger partial charge in [-0.15, -0.1) is 0 Å². The molecule has 0 aliphatic carbocycles. The van der Waals surface area contributed by atoms with E-state index in [1.807, 2.05) is 6.08 Å². The molecule has 0 aliphatic rings. The van der Waals surface area contributed by atoms with Gasteiger partial charge in [0.2, 0.25) is 5.91 Å². The third-order valence-corrected chi connectivity index (χ3v) is 12.6. The Kier molecular flexibility index (Phi) is 50.6. The average Bonchev–Trinajstić information content (AvgIpc) is 3.30. The maximum atomic E-state index is 13.2. The molecule has 0 aromatic rings. The molecule has 0 fully saturated rings. The second kappa shape index (κ2) is 52.5.